The monoisotopic (exact) mass is 412 g/mol. The molecule has 2 fully saturated rings. The van der Waals surface area contributed by atoms with Crippen molar-refractivity contribution in [3.8, 4) is 0 Å². The first-order valence-corrected chi connectivity index (χ1v) is 10.2. The first-order valence-electron chi connectivity index (χ1n) is 10.2. The van der Waals surface area contributed by atoms with Gasteiger partial charge in [0.25, 0.3) is 11.8 Å². The largest absolute Gasteiger partial charge is 0.350 e. The SMILES string of the molecule is Cc1ccc(C(=O)N2CCCC(C3OCCO3)C2)cc1NC(=O)c1ccccc1F. The molecule has 2 aliphatic heterocycles. The number of piperidine rings is 1. The normalized spacial score (nSPS) is 19.7. The standard InChI is InChI=1S/C23H25FN2O4/c1-15-8-9-16(13-20(15)25-21(27)18-6-2-3-7-19(18)24)22(28)26-10-4-5-17(14-26)23-29-11-12-30-23/h2-3,6-9,13,17,23H,4-5,10-12,14H2,1H3,(H,25,27). The van der Waals surface area contributed by atoms with Gasteiger partial charge in [-0.1, -0.05) is 18.2 Å². The van der Waals surface area contributed by atoms with Crippen molar-refractivity contribution in [3.05, 3.63) is 65.0 Å². The van der Waals surface area contributed by atoms with E-state index in [0.717, 1.165) is 18.4 Å². The molecule has 2 amide bonds. The van der Waals surface area contributed by atoms with Crippen LogP contribution in [0.4, 0.5) is 10.1 Å². The van der Waals surface area contributed by atoms with Crippen molar-refractivity contribution < 1.29 is 23.5 Å². The Morgan fingerprint density at radius 3 is 2.67 bits per heavy atom. The van der Waals surface area contributed by atoms with E-state index in [2.05, 4.69) is 5.32 Å². The van der Waals surface area contributed by atoms with Crippen LogP contribution in [0.25, 0.3) is 0 Å². The highest BCUT2D eigenvalue weighted by Crippen LogP contribution is 2.27. The smallest absolute Gasteiger partial charge is 0.258 e. The van der Waals surface area contributed by atoms with E-state index in [4.69, 9.17) is 9.47 Å². The number of aryl methyl sites for hydroxylation is 1. The molecule has 2 aliphatic rings. The van der Waals surface area contributed by atoms with Gasteiger partial charge in [-0.15, -0.1) is 0 Å². The molecule has 0 aliphatic carbocycles. The molecule has 2 aromatic carbocycles. The predicted molar refractivity (Wildman–Crippen MR) is 110 cm³/mol. The average Bonchev–Trinajstić information content (AvgIpc) is 3.30. The quantitative estimate of drug-likeness (QED) is 0.833. The minimum absolute atomic E-state index is 0.0379. The molecular weight excluding hydrogens is 387 g/mol. The topological polar surface area (TPSA) is 67.9 Å². The van der Waals surface area contributed by atoms with E-state index in [1.54, 1.807) is 24.3 Å². The molecule has 30 heavy (non-hydrogen) atoms. The first-order chi connectivity index (χ1) is 14.5. The average molecular weight is 412 g/mol. The van der Waals surface area contributed by atoms with Crippen LogP contribution < -0.4 is 5.32 Å². The predicted octanol–water partition coefficient (Wildman–Crippen LogP) is 3.61. The number of rotatable bonds is 4. The number of carbonyl (C=O) groups is 2. The fraction of sp³-hybridized carbons (Fsp3) is 0.391. The molecule has 158 valence electrons. The van der Waals surface area contributed by atoms with Gasteiger partial charge in [0.2, 0.25) is 0 Å². The maximum atomic E-state index is 13.9. The molecule has 0 bridgehead atoms. The zero-order valence-corrected chi connectivity index (χ0v) is 16.9. The van der Waals surface area contributed by atoms with Crippen LogP contribution >= 0.6 is 0 Å². The number of likely N-dealkylation sites (tertiary alicyclic amines) is 1. The number of nitrogens with zero attached hydrogens (tertiary/aromatic N) is 1. The van der Waals surface area contributed by atoms with Crippen LogP contribution in [-0.2, 0) is 9.47 Å². The van der Waals surface area contributed by atoms with Gasteiger partial charge in [-0.25, -0.2) is 4.39 Å². The highest BCUT2D eigenvalue weighted by atomic mass is 19.1. The molecule has 2 aromatic rings. The molecule has 0 saturated carbocycles. The number of benzene rings is 2. The van der Waals surface area contributed by atoms with Gasteiger partial charge in [-0.3, -0.25) is 9.59 Å². The Labute approximate surface area is 175 Å². The third-order valence-corrected chi connectivity index (χ3v) is 5.63. The van der Waals surface area contributed by atoms with Gasteiger partial charge in [0.15, 0.2) is 6.29 Å². The molecular formula is C23H25FN2O4. The lowest BCUT2D eigenvalue weighted by Crippen LogP contribution is -2.43. The Kier molecular flexibility index (Phi) is 6.11. The third-order valence-electron chi connectivity index (χ3n) is 5.63. The Morgan fingerprint density at radius 1 is 1.13 bits per heavy atom. The molecule has 6 nitrogen and oxygen atoms in total. The van der Waals surface area contributed by atoms with Crippen molar-refractivity contribution in [2.75, 3.05) is 31.6 Å². The Balaban J connectivity index is 1.49. The highest BCUT2D eigenvalue weighted by Gasteiger charge is 2.33. The van der Waals surface area contributed by atoms with Crippen molar-refractivity contribution in [1.29, 1.82) is 0 Å². The summed E-state index contributed by atoms with van der Waals surface area (Å²) in [5.74, 6) is -1.07. The minimum Gasteiger partial charge on any atom is -0.350 e. The second kappa shape index (κ2) is 8.93. The molecule has 0 spiro atoms. The Bertz CT molecular complexity index is 943. The molecule has 1 N–H and O–H groups in total. The van der Waals surface area contributed by atoms with Gasteiger partial charge >= 0.3 is 0 Å². The van der Waals surface area contributed by atoms with Gasteiger partial charge in [-0.2, -0.15) is 0 Å². The number of ether oxygens (including phenoxy) is 2. The van der Waals surface area contributed by atoms with Gasteiger partial charge in [0.1, 0.15) is 5.82 Å². The third kappa shape index (κ3) is 4.37. The number of hydrogen-bond acceptors (Lipinski definition) is 4. The molecule has 2 saturated heterocycles. The van der Waals surface area contributed by atoms with Crippen LogP contribution in [0.15, 0.2) is 42.5 Å². The summed E-state index contributed by atoms with van der Waals surface area (Å²) in [6, 6.07) is 11.0. The van der Waals surface area contributed by atoms with E-state index in [1.807, 2.05) is 11.8 Å². The molecule has 4 rings (SSSR count). The number of halogens is 1. The van der Waals surface area contributed by atoms with E-state index in [9.17, 15) is 14.0 Å². The summed E-state index contributed by atoms with van der Waals surface area (Å²) in [6.45, 7) is 4.27. The van der Waals surface area contributed by atoms with Crippen molar-refractivity contribution >= 4 is 17.5 Å². The summed E-state index contributed by atoms with van der Waals surface area (Å²) in [4.78, 5) is 27.4. The summed E-state index contributed by atoms with van der Waals surface area (Å²) >= 11 is 0. The van der Waals surface area contributed by atoms with Gasteiger partial charge in [-0.05, 0) is 49.6 Å². The van der Waals surface area contributed by atoms with Crippen molar-refractivity contribution in [2.24, 2.45) is 5.92 Å². The second-order valence-corrected chi connectivity index (χ2v) is 7.73. The Morgan fingerprint density at radius 2 is 1.90 bits per heavy atom. The minimum atomic E-state index is -0.587. The van der Waals surface area contributed by atoms with Crippen LogP contribution in [0.1, 0.15) is 39.1 Å². The maximum absolute atomic E-state index is 13.9. The van der Waals surface area contributed by atoms with Crippen molar-refractivity contribution in [2.45, 2.75) is 26.1 Å². The molecule has 7 heteroatoms. The van der Waals surface area contributed by atoms with E-state index in [-0.39, 0.29) is 23.7 Å². The van der Waals surface area contributed by atoms with E-state index in [1.165, 1.54) is 18.2 Å². The van der Waals surface area contributed by atoms with Crippen LogP contribution in [-0.4, -0.2) is 49.3 Å². The summed E-state index contributed by atoms with van der Waals surface area (Å²) in [5, 5.41) is 2.73. The number of amides is 2. The summed E-state index contributed by atoms with van der Waals surface area (Å²) in [7, 11) is 0. The first kappa shape index (κ1) is 20.5. The van der Waals surface area contributed by atoms with Gasteiger partial charge in [0.05, 0.1) is 18.8 Å². The number of hydrogen-bond donors (Lipinski definition) is 1. The fourth-order valence-corrected chi connectivity index (χ4v) is 3.97. The molecule has 1 unspecified atom stereocenters. The van der Waals surface area contributed by atoms with E-state index >= 15 is 0 Å². The second-order valence-electron chi connectivity index (χ2n) is 7.73. The number of anilines is 1. The van der Waals surface area contributed by atoms with Gasteiger partial charge < -0.3 is 19.7 Å². The zero-order valence-electron chi connectivity index (χ0n) is 16.9. The number of carbonyl (C=O) groups excluding carboxylic acids is 2. The zero-order chi connectivity index (χ0) is 21.1. The van der Waals surface area contributed by atoms with Crippen LogP contribution in [0.3, 0.4) is 0 Å². The van der Waals surface area contributed by atoms with Crippen LogP contribution in [0.2, 0.25) is 0 Å². The molecule has 2 heterocycles. The lowest BCUT2D eigenvalue weighted by Gasteiger charge is -2.34. The fourth-order valence-electron chi connectivity index (χ4n) is 3.97. The molecule has 0 radical (unpaired) electrons. The van der Waals surface area contributed by atoms with Crippen molar-refractivity contribution in [3.63, 3.8) is 0 Å². The maximum Gasteiger partial charge on any atom is 0.258 e. The lowest BCUT2D eigenvalue weighted by molar-refractivity contribution is -0.0969. The lowest BCUT2D eigenvalue weighted by atomic mass is 9.96. The summed E-state index contributed by atoms with van der Waals surface area (Å²) in [6.07, 6.45) is 1.61. The highest BCUT2D eigenvalue weighted by molar-refractivity contribution is 6.05. The molecule has 1 atom stereocenters. The summed E-state index contributed by atoms with van der Waals surface area (Å²) < 4.78 is 25.2. The van der Waals surface area contributed by atoms with E-state index in [0.29, 0.717) is 37.6 Å². The summed E-state index contributed by atoms with van der Waals surface area (Å²) in [5.41, 5.74) is 1.73. The van der Waals surface area contributed by atoms with Crippen molar-refractivity contribution in [1.82, 2.24) is 4.90 Å². The Hall–Kier alpha value is -2.77. The number of nitrogens with one attached hydrogen (secondary N) is 1. The molecule has 0 aromatic heterocycles. The van der Waals surface area contributed by atoms with E-state index < -0.39 is 11.7 Å². The van der Waals surface area contributed by atoms with Crippen LogP contribution in [0, 0.1) is 18.7 Å². The van der Waals surface area contributed by atoms with Crippen LogP contribution in [0.5, 0.6) is 0 Å². The van der Waals surface area contributed by atoms with Gasteiger partial charge in [0, 0.05) is 30.3 Å².